The normalized spacial score (nSPS) is 23.0. The number of likely N-dealkylation sites (N-methyl/N-ethyl adjacent to an activating group) is 1. The molecule has 1 heterocycles. The largest absolute Gasteiger partial charge is 0.308 e. The minimum atomic E-state index is 0.736. The van der Waals surface area contributed by atoms with Gasteiger partial charge in [-0.3, -0.25) is 4.90 Å². The minimum Gasteiger partial charge on any atom is -0.308 e. The van der Waals surface area contributed by atoms with Crippen molar-refractivity contribution >= 4 is 0 Å². The van der Waals surface area contributed by atoms with Crippen molar-refractivity contribution in [3.63, 3.8) is 0 Å². The number of hydrogen-bond donors (Lipinski definition) is 0. The fourth-order valence-corrected chi connectivity index (χ4v) is 2.32. The minimum absolute atomic E-state index is 0.736. The molecule has 15 heavy (non-hydrogen) atoms. The van der Waals surface area contributed by atoms with Gasteiger partial charge in [-0.05, 0) is 33.9 Å². The fraction of sp³-hybridized carbons (Fsp3) is 1.00. The lowest BCUT2D eigenvalue weighted by atomic mass is 9.96. The van der Waals surface area contributed by atoms with Gasteiger partial charge in [0.25, 0.3) is 0 Å². The molecule has 0 radical (unpaired) electrons. The zero-order chi connectivity index (χ0) is 11.8. The fourth-order valence-electron chi connectivity index (χ4n) is 2.32. The Bertz CT molecular complexity index is 145. The molecule has 0 aromatic rings. The molecule has 0 amide bonds. The first kappa shape index (κ1) is 14.9. The summed E-state index contributed by atoms with van der Waals surface area (Å²) in [5, 5.41) is 0. The molecule has 0 aliphatic carbocycles. The second kappa shape index (κ2) is 8.12. The Balaban J connectivity index is 0.000000921. The van der Waals surface area contributed by atoms with E-state index in [1.54, 1.807) is 0 Å². The molecule has 0 saturated carbocycles. The van der Waals surface area contributed by atoms with Crippen LogP contribution in [0.4, 0.5) is 0 Å². The van der Waals surface area contributed by atoms with Gasteiger partial charge in [0.05, 0.1) is 0 Å². The summed E-state index contributed by atoms with van der Waals surface area (Å²) in [7, 11) is 4.32. The van der Waals surface area contributed by atoms with Crippen LogP contribution in [0.1, 0.15) is 47.0 Å². The van der Waals surface area contributed by atoms with Crippen LogP contribution in [0.3, 0.4) is 0 Å². The molecule has 1 aliphatic heterocycles. The van der Waals surface area contributed by atoms with Crippen molar-refractivity contribution in [1.29, 1.82) is 0 Å². The maximum Gasteiger partial charge on any atom is 0.0197 e. The summed E-state index contributed by atoms with van der Waals surface area (Å²) in [6, 6.07) is 1.63. The van der Waals surface area contributed by atoms with Gasteiger partial charge in [0.2, 0.25) is 0 Å². The average molecular weight is 214 g/mol. The molecule has 0 N–H and O–H groups in total. The highest BCUT2D eigenvalue weighted by Gasteiger charge is 2.30. The van der Waals surface area contributed by atoms with Gasteiger partial charge in [0, 0.05) is 25.2 Å². The quantitative estimate of drug-likeness (QED) is 0.694. The molecule has 1 fully saturated rings. The Hall–Kier alpha value is -0.0800. The molecule has 1 saturated heterocycles. The lowest BCUT2D eigenvalue weighted by Crippen LogP contribution is -2.54. The molecule has 1 aliphatic rings. The first-order valence-corrected chi connectivity index (χ1v) is 6.55. The zero-order valence-corrected chi connectivity index (χ0v) is 11.6. The number of nitrogens with zero attached hydrogens (tertiary/aromatic N) is 2. The molecule has 92 valence electrons. The van der Waals surface area contributed by atoms with Gasteiger partial charge in [-0.1, -0.05) is 27.2 Å². The topological polar surface area (TPSA) is 6.48 Å². The second-order valence-corrected chi connectivity index (χ2v) is 4.58. The predicted octanol–water partition coefficient (Wildman–Crippen LogP) is 2.84. The van der Waals surface area contributed by atoms with Gasteiger partial charge in [-0.25, -0.2) is 0 Å². The van der Waals surface area contributed by atoms with Crippen LogP contribution in [0.15, 0.2) is 0 Å². The van der Waals surface area contributed by atoms with Crippen molar-refractivity contribution in [1.82, 2.24) is 9.80 Å². The van der Waals surface area contributed by atoms with Gasteiger partial charge < -0.3 is 4.90 Å². The Morgan fingerprint density at radius 2 is 1.93 bits per heavy atom. The Kier molecular flexibility index (Phi) is 8.07. The van der Waals surface area contributed by atoms with Crippen LogP contribution in [0.25, 0.3) is 0 Å². The van der Waals surface area contributed by atoms with Crippen LogP contribution in [0.5, 0.6) is 0 Å². The van der Waals surface area contributed by atoms with Crippen molar-refractivity contribution in [3.05, 3.63) is 0 Å². The van der Waals surface area contributed by atoms with Crippen LogP contribution in [0, 0.1) is 0 Å². The summed E-state index contributed by atoms with van der Waals surface area (Å²) in [4.78, 5) is 4.94. The summed E-state index contributed by atoms with van der Waals surface area (Å²) in [6.07, 6.45) is 4.14. The number of likely N-dealkylation sites (tertiary alicyclic amines) is 1. The molecular formula is C13H30N2. The molecule has 0 aromatic carbocycles. The van der Waals surface area contributed by atoms with E-state index in [-0.39, 0.29) is 0 Å². The lowest BCUT2D eigenvalue weighted by molar-refractivity contribution is 0.0322. The van der Waals surface area contributed by atoms with E-state index in [1.807, 2.05) is 13.8 Å². The van der Waals surface area contributed by atoms with E-state index in [1.165, 1.54) is 32.4 Å². The van der Waals surface area contributed by atoms with E-state index in [9.17, 15) is 0 Å². The first-order valence-electron chi connectivity index (χ1n) is 6.55. The van der Waals surface area contributed by atoms with Crippen LogP contribution in [-0.4, -0.2) is 49.1 Å². The van der Waals surface area contributed by atoms with Crippen molar-refractivity contribution in [2.24, 2.45) is 0 Å². The molecule has 0 aromatic heterocycles. The summed E-state index contributed by atoms with van der Waals surface area (Å²) < 4.78 is 0. The Morgan fingerprint density at radius 3 is 2.27 bits per heavy atom. The van der Waals surface area contributed by atoms with Gasteiger partial charge in [0.1, 0.15) is 0 Å². The van der Waals surface area contributed by atoms with Crippen LogP contribution < -0.4 is 0 Å². The van der Waals surface area contributed by atoms with Gasteiger partial charge in [0.15, 0.2) is 0 Å². The Morgan fingerprint density at radius 1 is 1.33 bits per heavy atom. The third-order valence-corrected chi connectivity index (χ3v) is 3.01. The van der Waals surface area contributed by atoms with Crippen LogP contribution in [-0.2, 0) is 0 Å². The standard InChI is InChI=1S/C11H24N2.C2H6/c1-5-6-11-7-8-13(11)10(2)9-12(3)4;1-2/h10-11H,5-9H2,1-4H3;1-2H3. The molecule has 0 spiro atoms. The van der Waals surface area contributed by atoms with Crippen molar-refractivity contribution in [2.45, 2.75) is 59.0 Å². The summed E-state index contributed by atoms with van der Waals surface area (Å²) >= 11 is 0. The molecule has 2 atom stereocenters. The first-order chi connectivity index (χ1) is 7.15. The smallest absolute Gasteiger partial charge is 0.0197 e. The lowest BCUT2D eigenvalue weighted by Gasteiger charge is -2.45. The molecule has 1 rings (SSSR count). The molecule has 2 heteroatoms. The predicted molar refractivity (Wildman–Crippen MR) is 69.4 cm³/mol. The van der Waals surface area contributed by atoms with Crippen molar-refractivity contribution in [2.75, 3.05) is 27.2 Å². The van der Waals surface area contributed by atoms with E-state index in [0.717, 1.165) is 12.1 Å². The highest BCUT2D eigenvalue weighted by molar-refractivity contribution is 4.86. The molecular weight excluding hydrogens is 184 g/mol. The van der Waals surface area contributed by atoms with E-state index >= 15 is 0 Å². The maximum absolute atomic E-state index is 2.66. The molecule has 2 nitrogen and oxygen atoms in total. The molecule has 0 bridgehead atoms. The van der Waals surface area contributed by atoms with E-state index in [4.69, 9.17) is 0 Å². The number of rotatable bonds is 5. The highest BCUT2D eigenvalue weighted by atomic mass is 15.3. The van der Waals surface area contributed by atoms with E-state index in [2.05, 4.69) is 37.7 Å². The third kappa shape index (κ3) is 4.98. The van der Waals surface area contributed by atoms with Gasteiger partial charge >= 0.3 is 0 Å². The maximum atomic E-state index is 2.66. The van der Waals surface area contributed by atoms with E-state index in [0.29, 0.717) is 0 Å². The number of hydrogen-bond acceptors (Lipinski definition) is 2. The van der Waals surface area contributed by atoms with Crippen LogP contribution >= 0.6 is 0 Å². The summed E-state index contributed by atoms with van der Waals surface area (Å²) in [6.45, 7) is 11.1. The highest BCUT2D eigenvalue weighted by Crippen LogP contribution is 2.24. The second-order valence-electron chi connectivity index (χ2n) is 4.58. The van der Waals surface area contributed by atoms with Gasteiger partial charge in [-0.15, -0.1) is 0 Å². The van der Waals surface area contributed by atoms with Gasteiger partial charge in [-0.2, -0.15) is 0 Å². The van der Waals surface area contributed by atoms with Crippen LogP contribution in [0.2, 0.25) is 0 Å². The summed E-state index contributed by atoms with van der Waals surface area (Å²) in [5.41, 5.74) is 0. The van der Waals surface area contributed by atoms with Crippen molar-refractivity contribution < 1.29 is 0 Å². The zero-order valence-electron chi connectivity index (χ0n) is 11.6. The Labute approximate surface area is 96.6 Å². The monoisotopic (exact) mass is 214 g/mol. The SMILES string of the molecule is CC.CCCC1CCN1C(C)CN(C)C. The van der Waals surface area contributed by atoms with Crippen molar-refractivity contribution in [3.8, 4) is 0 Å². The third-order valence-electron chi connectivity index (χ3n) is 3.01. The summed E-state index contributed by atoms with van der Waals surface area (Å²) in [5.74, 6) is 0. The average Bonchev–Trinajstić information content (AvgIpc) is 2.14. The molecule has 2 unspecified atom stereocenters. The van der Waals surface area contributed by atoms with E-state index < -0.39 is 0 Å².